The molecular weight excluding hydrogens is 302 g/mol. The molecule has 0 amide bonds. The van der Waals surface area contributed by atoms with E-state index < -0.39 is 0 Å². The number of unbranched alkanes of at least 4 members (excludes halogenated alkanes) is 2. The number of aliphatic hydroxyl groups is 1. The van der Waals surface area contributed by atoms with E-state index >= 15 is 0 Å². The van der Waals surface area contributed by atoms with Crippen molar-refractivity contribution in [3.05, 3.63) is 34.3 Å². The van der Waals surface area contributed by atoms with Crippen LogP contribution in [-0.2, 0) is 0 Å². The summed E-state index contributed by atoms with van der Waals surface area (Å²) in [4.78, 5) is 2.39. The number of hydrogen-bond acceptors (Lipinski definition) is 2. The molecule has 0 heterocycles. The molecular formula is C16H26BrNO. The van der Waals surface area contributed by atoms with Crippen molar-refractivity contribution in [3.8, 4) is 0 Å². The highest BCUT2D eigenvalue weighted by molar-refractivity contribution is 9.10. The van der Waals surface area contributed by atoms with Gasteiger partial charge in [-0.25, -0.2) is 0 Å². The predicted molar refractivity (Wildman–Crippen MR) is 85.4 cm³/mol. The molecule has 2 nitrogen and oxygen atoms in total. The van der Waals surface area contributed by atoms with Gasteiger partial charge >= 0.3 is 0 Å². The smallest absolute Gasteiger partial charge is 0.0916 e. The van der Waals surface area contributed by atoms with Crippen molar-refractivity contribution in [1.82, 2.24) is 4.90 Å². The van der Waals surface area contributed by atoms with E-state index in [2.05, 4.69) is 34.7 Å². The highest BCUT2D eigenvalue weighted by Crippen LogP contribution is 2.18. The van der Waals surface area contributed by atoms with Gasteiger partial charge in [-0.1, -0.05) is 54.8 Å². The molecule has 0 radical (unpaired) electrons. The Kier molecular flexibility index (Phi) is 8.35. The summed E-state index contributed by atoms with van der Waals surface area (Å²) < 4.78 is 1.05. The van der Waals surface area contributed by atoms with Crippen LogP contribution in [0.25, 0.3) is 0 Å². The Labute approximate surface area is 126 Å². The molecule has 0 aromatic heterocycles. The van der Waals surface area contributed by atoms with E-state index in [1.807, 2.05) is 24.3 Å². The third kappa shape index (κ3) is 6.55. The molecule has 1 unspecified atom stereocenters. The second-order valence-corrected chi connectivity index (χ2v) is 5.99. The maximum absolute atomic E-state index is 10.3. The van der Waals surface area contributed by atoms with Gasteiger partial charge in [-0.2, -0.15) is 0 Å². The van der Waals surface area contributed by atoms with E-state index in [4.69, 9.17) is 0 Å². The van der Waals surface area contributed by atoms with E-state index in [0.29, 0.717) is 0 Å². The molecule has 0 bridgehead atoms. The minimum atomic E-state index is -0.387. The van der Waals surface area contributed by atoms with Gasteiger partial charge in [0, 0.05) is 11.0 Å². The number of halogens is 1. The summed E-state index contributed by atoms with van der Waals surface area (Å²) in [5, 5.41) is 10.3. The van der Waals surface area contributed by atoms with Crippen molar-refractivity contribution in [2.75, 3.05) is 19.6 Å². The highest BCUT2D eigenvalue weighted by atomic mass is 79.9. The molecule has 0 aliphatic heterocycles. The molecule has 0 aliphatic carbocycles. The monoisotopic (exact) mass is 327 g/mol. The fourth-order valence-electron chi connectivity index (χ4n) is 2.09. The third-order valence-corrected chi connectivity index (χ3v) is 3.87. The first-order valence-electron chi connectivity index (χ1n) is 7.33. The highest BCUT2D eigenvalue weighted by Gasteiger charge is 2.12. The summed E-state index contributed by atoms with van der Waals surface area (Å²) in [5.74, 6) is 0. The van der Waals surface area contributed by atoms with Crippen molar-refractivity contribution in [2.45, 2.75) is 45.6 Å². The normalized spacial score (nSPS) is 12.9. The number of rotatable bonds is 9. The number of nitrogens with zero attached hydrogens (tertiary/aromatic N) is 1. The Hall–Kier alpha value is -0.380. The molecule has 19 heavy (non-hydrogen) atoms. The SMILES string of the molecule is CCCCN(CCCC)CC(O)c1ccc(Br)cc1. The molecule has 3 heteroatoms. The molecule has 0 fully saturated rings. The summed E-state index contributed by atoms with van der Waals surface area (Å²) in [6.07, 6.45) is 4.43. The second-order valence-electron chi connectivity index (χ2n) is 5.08. The van der Waals surface area contributed by atoms with Crippen LogP contribution in [0.15, 0.2) is 28.7 Å². The average molecular weight is 328 g/mol. The molecule has 0 aliphatic rings. The molecule has 108 valence electrons. The quantitative estimate of drug-likeness (QED) is 0.727. The van der Waals surface area contributed by atoms with Crippen LogP contribution in [0.1, 0.15) is 51.2 Å². The van der Waals surface area contributed by atoms with Crippen molar-refractivity contribution < 1.29 is 5.11 Å². The first-order valence-corrected chi connectivity index (χ1v) is 8.12. The largest absolute Gasteiger partial charge is 0.387 e. The van der Waals surface area contributed by atoms with Crippen LogP contribution >= 0.6 is 15.9 Å². The van der Waals surface area contributed by atoms with Gasteiger partial charge in [-0.3, -0.25) is 0 Å². The van der Waals surface area contributed by atoms with Gasteiger partial charge in [-0.05, 0) is 43.6 Å². The molecule has 1 N–H and O–H groups in total. The summed E-state index contributed by atoms with van der Waals surface area (Å²) >= 11 is 3.42. The van der Waals surface area contributed by atoms with E-state index in [9.17, 15) is 5.11 Å². The summed E-state index contributed by atoms with van der Waals surface area (Å²) in [5.41, 5.74) is 1.00. The molecule has 1 atom stereocenters. The van der Waals surface area contributed by atoms with Gasteiger partial charge in [0.2, 0.25) is 0 Å². The lowest BCUT2D eigenvalue weighted by atomic mass is 10.1. The van der Waals surface area contributed by atoms with Crippen LogP contribution in [0.4, 0.5) is 0 Å². The maximum Gasteiger partial charge on any atom is 0.0916 e. The molecule has 0 saturated heterocycles. The first-order chi connectivity index (χ1) is 9.17. The van der Waals surface area contributed by atoms with Gasteiger partial charge < -0.3 is 10.0 Å². The summed E-state index contributed by atoms with van der Waals surface area (Å²) in [7, 11) is 0. The van der Waals surface area contributed by atoms with Crippen LogP contribution in [-0.4, -0.2) is 29.6 Å². The zero-order chi connectivity index (χ0) is 14.1. The standard InChI is InChI=1S/C16H26BrNO/c1-3-5-11-18(12-6-4-2)13-16(19)14-7-9-15(17)10-8-14/h7-10,16,19H,3-6,11-13H2,1-2H3. The van der Waals surface area contributed by atoms with Gasteiger partial charge in [-0.15, -0.1) is 0 Å². The predicted octanol–water partition coefficient (Wildman–Crippen LogP) is 4.38. The van der Waals surface area contributed by atoms with Crippen molar-refractivity contribution >= 4 is 15.9 Å². The van der Waals surface area contributed by atoms with Gasteiger partial charge in [0.05, 0.1) is 6.10 Å². The molecule has 1 aromatic carbocycles. The van der Waals surface area contributed by atoms with E-state index in [0.717, 1.165) is 29.7 Å². The van der Waals surface area contributed by atoms with Gasteiger partial charge in [0.1, 0.15) is 0 Å². The van der Waals surface area contributed by atoms with Crippen LogP contribution in [0.3, 0.4) is 0 Å². The summed E-state index contributed by atoms with van der Waals surface area (Å²) in [6, 6.07) is 7.96. The lowest BCUT2D eigenvalue weighted by Gasteiger charge is -2.25. The minimum Gasteiger partial charge on any atom is -0.387 e. The van der Waals surface area contributed by atoms with Crippen LogP contribution in [0.5, 0.6) is 0 Å². The lowest BCUT2D eigenvalue weighted by Crippen LogP contribution is -2.30. The van der Waals surface area contributed by atoms with Gasteiger partial charge in [0.15, 0.2) is 0 Å². The third-order valence-electron chi connectivity index (χ3n) is 3.34. The van der Waals surface area contributed by atoms with E-state index in [1.165, 1.54) is 25.7 Å². The Morgan fingerprint density at radius 1 is 1.05 bits per heavy atom. The zero-order valence-electron chi connectivity index (χ0n) is 12.1. The average Bonchev–Trinajstić information content (AvgIpc) is 2.42. The van der Waals surface area contributed by atoms with E-state index in [1.54, 1.807) is 0 Å². The first kappa shape index (κ1) is 16.7. The summed E-state index contributed by atoms with van der Waals surface area (Å²) in [6.45, 7) is 7.34. The Bertz CT molecular complexity index is 331. The van der Waals surface area contributed by atoms with E-state index in [-0.39, 0.29) is 6.10 Å². The Balaban J connectivity index is 2.53. The fraction of sp³-hybridized carbons (Fsp3) is 0.625. The zero-order valence-corrected chi connectivity index (χ0v) is 13.7. The van der Waals surface area contributed by atoms with Crippen molar-refractivity contribution in [2.24, 2.45) is 0 Å². The van der Waals surface area contributed by atoms with Crippen LogP contribution in [0.2, 0.25) is 0 Å². The fourth-order valence-corrected chi connectivity index (χ4v) is 2.36. The van der Waals surface area contributed by atoms with Gasteiger partial charge in [0.25, 0.3) is 0 Å². The minimum absolute atomic E-state index is 0.387. The number of hydrogen-bond donors (Lipinski definition) is 1. The second kappa shape index (κ2) is 9.51. The molecule has 1 aromatic rings. The van der Waals surface area contributed by atoms with Crippen molar-refractivity contribution in [1.29, 1.82) is 0 Å². The Morgan fingerprint density at radius 2 is 1.58 bits per heavy atom. The number of aliphatic hydroxyl groups excluding tert-OH is 1. The Morgan fingerprint density at radius 3 is 2.05 bits per heavy atom. The maximum atomic E-state index is 10.3. The van der Waals surface area contributed by atoms with Crippen LogP contribution < -0.4 is 0 Å². The lowest BCUT2D eigenvalue weighted by molar-refractivity contribution is 0.111. The molecule has 1 rings (SSSR count). The molecule has 0 saturated carbocycles. The van der Waals surface area contributed by atoms with Crippen LogP contribution in [0, 0.1) is 0 Å². The topological polar surface area (TPSA) is 23.5 Å². The molecule has 0 spiro atoms. The number of benzene rings is 1. The van der Waals surface area contributed by atoms with Crippen molar-refractivity contribution in [3.63, 3.8) is 0 Å².